The lowest BCUT2D eigenvalue weighted by atomic mass is 9.86. The van der Waals surface area contributed by atoms with Gasteiger partial charge in [0.1, 0.15) is 0 Å². The summed E-state index contributed by atoms with van der Waals surface area (Å²) in [6.45, 7) is 8.15. The molecule has 184 valence electrons. The molecular weight excluding hydrogens is 466 g/mol. The van der Waals surface area contributed by atoms with E-state index in [1.807, 2.05) is 48.7 Å². The summed E-state index contributed by atoms with van der Waals surface area (Å²) in [5.74, 6) is -0.0974. The summed E-state index contributed by atoms with van der Waals surface area (Å²) in [5.41, 5.74) is 7.47. The Labute approximate surface area is 218 Å². The number of hydrogen-bond donors (Lipinski definition) is 2. The highest BCUT2D eigenvalue weighted by atomic mass is 32.1. The second kappa shape index (κ2) is 9.06. The smallest absolute Gasteiger partial charge is 0.221 e. The van der Waals surface area contributed by atoms with Crippen LogP contribution in [-0.4, -0.2) is 28.6 Å². The number of amides is 1. The van der Waals surface area contributed by atoms with Gasteiger partial charge in [0.2, 0.25) is 5.91 Å². The number of nitrogens with one attached hydrogen (secondary N) is 2. The fraction of sp³-hybridized carbons (Fsp3) is 0.276. The molecule has 1 aromatic heterocycles. The van der Waals surface area contributed by atoms with Gasteiger partial charge >= 0.3 is 0 Å². The Balaban J connectivity index is 1.61. The van der Waals surface area contributed by atoms with E-state index >= 15 is 0 Å². The average Bonchev–Trinajstić information content (AvgIpc) is 3.20. The number of thiocarbonyl (C=S) groups is 1. The summed E-state index contributed by atoms with van der Waals surface area (Å²) in [4.78, 5) is 20.6. The molecule has 0 spiro atoms. The fourth-order valence-corrected chi connectivity index (χ4v) is 5.59. The first-order valence-corrected chi connectivity index (χ1v) is 12.5. The van der Waals surface area contributed by atoms with Crippen molar-refractivity contribution in [2.24, 2.45) is 0 Å². The molecule has 5 rings (SSSR count). The zero-order valence-electron chi connectivity index (χ0n) is 21.2. The molecule has 1 fully saturated rings. The molecule has 36 heavy (non-hydrogen) atoms. The van der Waals surface area contributed by atoms with Crippen molar-refractivity contribution in [3.63, 3.8) is 0 Å². The summed E-state index contributed by atoms with van der Waals surface area (Å²) in [6, 6.07) is 20.3. The van der Waals surface area contributed by atoms with E-state index in [0.717, 1.165) is 22.6 Å². The molecule has 0 unspecified atom stereocenters. The van der Waals surface area contributed by atoms with Crippen LogP contribution in [0.3, 0.4) is 0 Å². The van der Waals surface area contributed by atoms with Crippen LogP contribution in [0.5, 0.6) is 0 Å². The maximum Gasteiger partial charge on any atom is 0.221 e. The molecule has 0 saturated carbocycles. The minimum Gasteiger partial charge on any atom is -0.366 e. The first kappa shape index (κ1) is 24.0. The summed E-state index contributed by atoms with van der Waals surface area (Å²) in [6.07, 6.45) is 4.14. The molecule has 2 atom stereocenters. The largest absolute Gasteiger partial charge is 0.366 e. The van der Waals surface area contributed by atoms with Gasteiger partial charge in [0, 0.05) is 42.8 Å². The van der Waals surface area contributed by atoms with Crippen LogP contribution >= 0.6 is 12.2 Å². The number of rotatable bonds is 4. The maximum atomic E-state index is 11.5. The number of carbonyl (C=O) groups is 1. The monoisotopic (exact) mass is 497 g/mol. The standard InChI is InChI=1S/C29H31N5OS/c1-18-17-29(3,4)33(5)25-14-9-20(16-23(18)25)27-26(24-8-6-7-15-30-24)32-28(36)34(27)22-12-10-21(11-13-22)31-19(2)35/h6-17,26-27H,1-5H3,(H,31,35)(H,32,36)/t26-,27+/m1/s1. The Hall–Kier alpha value is -3.71. The van der Waals surface area contributed by atoms with E-state index in [0.29, 0.717) is 5.11 Å². The molecule has 1 amide bonds. The molecule has 2 aliphatic heterocycles. The van der Waals surface area contributed by atoms with Crippen LogP contribution in [0.15, 0.2) is 72.9 Å². The third-order valence-electron chi connectivity index (χ3n) is 7.15. The fourth-order valence-electron chi connectivity index (χ4n) is 5.24. The van der Waals surface area contributed by atoms with E-state index in [1.165, 1.54) is 23.7 Å². The summed E-state index contributed by atoms with van der Waals surface area (Å²) in [7, 11) is 2.15. The molecule has 6 nitrogen and oxygen atoms in total. The van der Waals surface area contributed by atoms with Gasteiger partial charge in [0.25, 0.3) is 0 Å². The van der Waals surface area contributed by atoms with E-state index in [4.69, 9.17) is 12.2 Å². The Kier molecular flexibility index (Phi) is 6.04. The number of nitrogens with zero attached hydrogens (tertiary/aromatic N) is 3. The highest BCUT2D eigenvalue weighted by Gasteiger charge is 2.41. The second-order valence-corrected chi connectivity index (χ2v) is 10.4. The number of aromatic nitrogens is 1. The topological polar surface area (TPSA) is 60.5 Å². The van der Waals surface area contributed by atoms with E-state index in [2.05, 4.69) is 77.5 Å². The molecule has 3 aromatic rings. The van der Waals surface area contributed by atoms with Crippen LogP contribution in [0.1, 0.15) is 56.6 Å². The van der Waals surface area contributed by atoms with Crippen LogP contribution in [0, 0.1) is 0 Å². The van der Waals surface area contributed by atoms with E-state index in [1.54, 1.807) is 0 Å². The lowest BCUT2D eigenvalue weighted by Gasteiger charge is -2.41. The predicted octanol–water partition coefficient (Wildman–Crippen LogP) is 5.85. The molecule has 0 bridgehead atoms. The summed E-state index contributed by atoms with van der Waals surface area (Å²) in [5, 5.41) is 7.01. The van der Waals surface area contributed by atoms with Crippen LogP contribution < -0.4 is 20.4 Å². The molecule has 2 aromatic carbocycles. The van der Waals surface area contributed by atoms with Gasteiger partial charge in [0.05, 0.1) is 23.3 Å². The van der Waals surface area contributed by atoms with Gasteiger partial charge in [0.15, 0.2) is 5.11 Å². The predicted molar refractivity (Wildman–Crippen MR) is 151 cm³/mol. The van der Waals surface area contributed by atoms with Crippen LogP contribution in [0.4, 0.5) is 17.1 Å². The first-order chi connectivity index (χ1) is 17.2. The quantitative estimate of drug-likeness (QED) is 0.441. The zero-order valence-corrected chi connectivity index (χ0v) is 22.1. The molecule has 3 heterocycles. The van der Waals surface area contributed by atoms with Crippen molar-refractivity contribution in [3.05, 3.63) is 89.8 Å². The van der Waals surface area contributed by atoms with Crippen LogP contribution in [-0.2, 0) is 4.79 Å². The van der Waals surface area contributed by atoms with E-state index in [-0.39, 0.29) is 23.5 Å². The van der Waals surface area contributed by atoms with E-state index in [9.17, 15) is 4.79 Å². The average molecular weight is 498 g/mol. The van der Waals surface area contributed by atoms with Gasteiger partial charge in [-0.2, -0.15) is 0 Å². The minimum atomic E-state index is -0.117. The van der Waals surface area contributed by atoms with Gasteiger partial charge in [-0.25, -0.2) is 0 Å². The van der Waals surface area contributed by atoms with Gasteiger partial charge in [-0.15, -0.1) is 0 Å². The van der Waals surface area contributed by atoms with Crippen molar-refractivity contribution in [2.45, 2.75) is 45.3 Å². The highest BCUT2D eigenvalue weighted by Crippen LogP contribution is 2.45. The Morgan fingerprint density at radius 3 is 2.53 bits per heavy atom. The zero-order chi connectivity index (χ0) is 25.6. The molecule has 0 radical (unpaired) electrons. The third kappa shape index (κ3) is 4.24. The highest BCUT2D eigenvalue weighted by molar-refractivity contribution is 7.80. The van der Waals surface area contributed by atoms with Crippen molar-refractivity contribution in [1.29, 1.82) is 0 Å². The first-order valence-electron chi connectivity index (χ1n) is 12.1. The Morgan fingerprint density at radius 1 is 1.11 bits per heavy atom. The van der Waals surface area contributed by atoms with Gasteiger partial charge in [-0.1, -0.05) is 18.2 Å². The van der Waals surface area contributed by atoms with E-state index < -0.39 is 0 Å². The van der Waals surface area contributed by atoms with Crippen molar-refractivity contribution in [3.8, 4) is 0 Å². The number of allylic oxidation sites excluding steroid dienone is 1. The number of anilines is 3. The van der Waals surface area contributed by atoms with Crippen LogP contribution in [0.2, 0.25) is 0 Å². The molecule has 2 aliphatic rings. The lowest BCUT2D eigenvalue weighted by Crippen LogP contribution is -2.42. The Bertz CT molecular complexity index is 1350. The van der Waals surface area contributed by atoms with Gasteiger partial charge in [-0.05, 0) is 92.7 Å². The second-order valence-electron chi connectivity index (χ2n) is 10.0. The minimum absolute atomic E-state index is 0.0484. The molecule has 2 N–H and O–H groups in total. The molecule has 0 aliphatic carbocycles. The third-order valence-corrected chi connectivity index (χ3v) is 7.46. The number of likely N-dealkylation sites (N-methyl/N-ethyl adjacent to an activating group) is 1. The number of hydrogen-bond acceptors (Lipinski definition) is 4. The van der Waals surface area contributed by atoms with Gasteiger partial charge in [-0.3, -0.25) is 9.78 Å². The molecule has 1 saturated heterocycles. The molecule has 7 heteroatoms. The number of fused-ring (bicyclic) bond motifs is 1. The van der Waals surface area contributed by atoms with Crippen molar-refractivity contribution in [1.82, 2.24) is 10.3 Å². The lowest BCUT2D eigenvalue weighted by molar-refractivity contribution is -0.114. The number of pyridine rings is 1. The summed E-state index contributed by atoms with van der Waals surface area (Å²) >= 11 is 5.87. The van der Waals surface area contributed by atoms with Gasteiger partial charge < -0.3 is 20.4 Å². The van der Waals surface area contributed by atoms with Crippen LogP contribution in [0.25, 0.3) is 5.57 Å². The molecular formula is C29H31N5OS. The Morgan fingerprint density at radius 2 is 1.86 bits per heavy atom. The maximum absolute atomic E-state index is 11.5. The van der Waals surface area contributed by atoms with Crippen molar-refractivity contribution >= 4 is 45.9 Å². The van der Waals surface area contributed by atoms with Crippen molar-refractivity contribution < 1.29 is 4.79 Å². The normalized spacial score (nSPS) is 20.5. The number of benzene rings is 2. The SMILES string of the molecule is CC(=O)Nc1ccc(N2C(=S)N[C@H](c3ccccn3)[C@@H]2c2ccc3c(c2)C(C)=CC(C)(C)N3C)cc1. The summed E-state index contributed by atoms with van der Waals surface area (Å²) < 4.78 is 0. The van der Waals surface area contributed by atoms with Crippen molar-refractivity contribution in [2.75, 3.05) is 22.2 Å². The number of carbonyl (C=O) groups excluding carboxylic acids is 1.